The fraction of sp³-hybridized carbons (Fsp3) is 0.440. The van der Waals surface area contributed by atoms with Gasteiger partial charge in [-0.2, -0.15) is 0 Å². The molecule has 0 unspecified atom stereocenters. The summed E-state index contributed by atoms with van der Waals surface area (Å²) in [7, 11) is 1.61. The van der Waals surface area contributed by atoms with E-state index >= 15 is 0 Å². The summed E-state index contributed by atoms with van der Waals surface area (Å²) >= 11 is 9.52. The molecule has 0 amide bonds. The fourth-order valence-electron chi connectivity index (χ4n) is 4.64. The van der Waals surface area contributed by atoms with Crippen molar-refractivity contribution in [3.63, 3.8) is 0 Å². The number of hydrogen-bond acceptors (Lipinski definition) is 7. The second-order valence-electron chi connectivity index (χ2n) is 8.57. The van der Waals surface area contributed by atoms with E-state index in [1.54, 1.807) is 36.4 Å². The molecule has 1 saturated heterocycles. The van der Waals surface area contributed by atoms with Crippen molar-refractivity contribution in [3.8, 4) is 5.75 Å². The van der Waals surface area contributed by atoms with Gasteiger partial charge in [0.1, 0.15) is 5.75 Å². The number of carboxylic acids is 1. The molecule has 0 bridgehead atoms. The number of rotatable bonds is 10. The molecule has 2 N–H and O–H groups in total. The molecule has 2 aromatic heterocycles. The number of thioether (sulfide) groups is 1. The number of benzene rings is 1. The molecule has 0 radical (unpaired) electrons. The number of piperidine rings is 1. The molecule has 0 spiro atoms. The number of fused-ring (bicyclic) bond motifs is 1. The average molecular weight is 521 g/mol. The Labute approximate surface area is 212 Å². The molecule has 4 rings (SSSR count). The van der Waals surface area contributed by atoms with Crippen molar-refractivity contribution in [1.29, 1.82) is 0 Å². The van der Waals surface area contributed by atoms with Crippen molar-refractivity contribution in [2.75, 3.05) is 32.5 Å². The lowest BCUT2D eigenvalue weighted by Crippen LogP contribution is -2.44. The first-order chi connectivity index (χ1) is 16.5. The molecule has 34 heavy (non-hydrogen) atoms. The molecule has 0 aliphatic carbocycles. The quantitative estimate of drug-likeness (QED) is 0.337. The van der Waals surface area contributed by atoms with Crippen molar-refractivity contribution in [2.24, 2.45) is 11.8 Å². The number of hydrogen-bond donors (Lipinski definition) is 2. The highest BCUT2D eigenvalue weighted by molar-refractivity contribution is 8.01. The number of halogens is 1. The molecule has 182 valence electrons. The van der Waals surface area contributed by atoms with E-state index in [1.807, 2.05) is 35.7 Å². The Kier molecular flexibility index (Phi) is 8.71. The molecule has 3 atom stereocenters. The van der Waals surface area contributed by atoms with Gasteiger partial charge in [-0.3, -0.25) is 9.78 Å². The smallest absolute Gasteiger partial charge is 0.308 e. The lowest BCUT2D eigenvalue weighted by Gasteiger charge is -2.36. The Morgan fingerprint density at radius 3 is 2.97 bits per heavy atom. The Morgan fingerprint density at radius 1 is 1.38 bits per heavy atom. The van der Waals surface area contributed by atoms with Crippen molar-refractivity contribution >= 4 is 51.6 Å². The monoisotopic (exact) mass is 520 g/mol. The summed E-state index contributed by atoms with van der Waals surface area (Å²) in [5.41, 5.74) is 1.60. The predicted octanol–water partition coefficient (Wildman–Crippen LogP) is 5.59. The SMILES string of the molecule is COc1ccc2nccc([C@H](O)CC[C@@H]3CCN(CCSc4sccc4Cl)C[C@@H]3C(=O)O)c2c1. The zero-order valence-electron chi connectivity index (χ0n) is 19.0. The lowest BCUT2D eigenvalue weighted by molar-refractivity contribution is -0.146. The molecular formula is C25H29ClN2O4S2. The maximum atomic E-state index is 12.0. The van der Waals surface area contributed by atoms with Gasteiger partial charge in [0.25, 0.3) is 0 Å². The highest BCUT2D eigenvalue weighted by atomic mass is 35.5. The van der Waals surface area contributed by atoms with Crippen LogP contribution in [-0.2, 0) is 4.79 Å². The zero-order valence-corrected chi connectivity index (χ0v) is 21.4. The normalized spacial score (nSPS) is 19.9. The van der Waals surface area contributed by atoms with Gasteiger partial charge in [0, 0.05) is 30.4 Å². The number of thiophene rings is 1. The van der Waals surface area contributed by atoms with E-state index in [0.29, 0.717) is 25.1 Å². The van der Waals surface area contributed by atoms with Crippen molar-refractivity contribution in [3.05, 3.63) is 52.5 Å². The number of nitrogens with zero attached hydrogens (tertiary/aromatic N) is 2. The van der Waals surface area contributed by atoms with Crippen LogP contribution in [0.15, 0.2) is 46.1 Å². The van der Waals surface area contributed by atoms with Crippen LogP contribution in [0.2, 0.25) is 5.02 Å². The second kappa shape index (κ2) is 11.7. The predicted molar refractivity (Wildman–Crippen MR) is 138 cm³/mol. The number of aromatic nitrogens is 1. The van der Waals surface area contributed by atoms with Crippen LogP contribution in [0.25, 0.3) is 10.9 Å². The molecule has 1 aliphatic rings. The summed E-state index contributed by atoms with van der Waals surface area (Å²) in [5.74, 6) is 0.467. The fourth-order valence-corrected chi connectivity index (χ4v) is 7.01. The maximum absolute atomic E-state index is 12.0. The third-order valence-electron chi connectivity index (χ3n) is 6.53. The summed E-state index contributed by atoms with van der Waals surface area (Å²) in [6.07, 6.45) is 3.01. The number of methoxy groups -OCH3 is 1. The minimum absolute atomic E-state index is 0.0467. The number of aliphatic carboxylic acids is 1. The van der Waals surface area contributed by atoms with E-state index in [-0.39, 0.29) is 5.92 Å². The number of pyridine rings is 1. The third kappa shape index (κ3) is 6.04. The summed E-state index contributed by atoms with van der Waals surface area (Å²) in [4.78, 5) is 18.7. The van der Waals surface area contributed by atoms with Crippen LogP contribution in [-0.4, -0.2) is 58.6 Å². The number of carbonyl (C=O) groups is 1. The van der Waals surface area contributed by atoms with Gasteiger partial charge in [0.2, 0.25) is 0 Å². The first-order valence-electron chi connectivity index (χ1n) is 11.4. The van der Waals surface area contributed by atoms with E-state index < -0.39 is 18.0 Å². The van der Waals surface area contributed by atoms with Crippen molar-refractivity contribution in [1.82, 2.24) is 9.88 Å². The summed E-state index contributed by atoms with van der Waals surface area (Å²) in [6.45, 7) is 2.26. The Hall–Kier alpha value is -1.84. The van der Waals surface area contributed by atoms with E-state index in [1.165, 1.54) is 0 Å². The van der Waals surface area contributed by atoms with E-state index in [0.717, 1.165) is 51.0 Å². The molecule has 1 fully saturated rings. The van der Waals surface area contributed by atoms with Crippen LogP contribution < -0.4 is 4.74 Å². The van der Waals surface area contributed by atoms with E-state index in [2.05, 4.69) is 9.88 Å². The molecule has 3 heterocycles. The average Bonchev–Trinajstić information content (AvgIpc) is 3.26. The van der Waals surface area contributed by atoms with Crippen LogP contribution >= 0.6 is 34.7 Å². The second-order valence-corrected chi connectivity index (χ2v) is 11.3. The van der Waals surface area contributed by atoms with Gasteiger partial charge in [-0.25, -0.2) is 0 Å². The van der Waals surface area contributed by atoms with E-state index in [9.17, 15) is 15.0 Å². The third-order valence-corrected chi connectivity index (χ3v) is 9.29. The lowest BCUT2D eigenvalue weighted by atomic mass is 9.81. The number of likely N-dealkylation sites (tertiary alicyclic amines) is 1. The van der Waals surface area contributed by atoms with Gasteiger partial charge in [0.05, 0.1) is 33.9 Å². The minimum atomic E-state index is -0.753. The number of aliphatic hydroxyl groups excluding tert-OH is 1. The molecule has 9 heteroatoms. The topological polar surface area (TPSA) is 82.9 Å². The van der Waals surface area contributed by atoms with Crippen LogP contribution in [0.4, 0.5) is 0 Å². The van der Waals surface area contributed by atoms with Gasteiger partial charge < -0.3 is 19.8 Å². The van der Waals surface area contributed by atoms with Gasteiger partial charge in [-0.15, -0.1) is 23.1 Å². The summed E-state index contributed by atoms with van der Waals surface area (Å²) in [6, 6.07) is 9.36. The van der Waals surface area contributed by atoms with Gasteiger partial charge in [-0.05, 0) is 73.0 Å². The molecule has 1 aromatic carbocycles. The summed E-state index contributed by atoms with van der Waals surface area (Å²) < 4.78 is 6.44. The molecular weight excluding hydrogens is 492 g/mol. The zero-order chi connectivity index (χ0) is 24.1. The first kappa shape index (κ1) is 25.3. The standard InChI is InChI=1S/C25H29ClN2O4S2/c1-32-17-3-4-22-19(14-17)18(6-9-27-22)23(29)5-2-16-7-10-28(15-20(16)24(30)31)11-13-34-25-21(26)8-12-33-25/h3-4,6,8-9,12,14,16,20,23,29H,2,5,7,10-11,13,15H2,1H3,(H,30,31)/t16-,20+,23-/m1/s1. The van der Waals surface area contributed by atoms with Crippen LogP contribution in [0.1, 0.15) is 30.9 Å². The highest BCUT2D eigenvalue weighted by Crippen LogP contribution is 2.35. The molecule has 0 saturated carbocycles. The number of aliphatic hydroxyl groups is 1. The summed E-state index contributed by atoms with van der Waals surface area (Å²) in [5, 5.41) is 24.5. The van der Waals surface area contributed by atoms with E-state index in [4.69, 9.17) is 16.3 Å². The minimum Gasteiger partial charge on any atom is -0.497 e. The van der Waals surface area contributed by atoms with Gasteiger partial charge in [0.15, 0.2) is 0 Å². The van der Waals surface area contributed by atoms with Crippen molar-refractivity contribution < 1.29 is 19.7 Å². The molecule has 3 aromatic rings. The Morgan fingerprint density at radius 2 is 2.24 bits per heavy atom. The highest BCUT2D eigenvalue weighted by Gasteiger charge is 2.34. The van der Waals surface area contributed by atoms with Crippen LogP contribution in [0, 0.1) is 11.8 Å². The molecule has 1 aliphatic heterocycles. The van der Waals surface area contributed by atoms with Gasteiger partial charge in [-0.1, -0.05) is 11.6 Å². The van der Waals surface area contributed by atoms with Crippen LogP contribution in [0.5, 0.6) is 5.75 Å². The maximum Gasteiger partial charge on any atom is 0.308 e. The largest absolute Gasteiger partial charge is 0.497 e. The Balaban J connectivity index is 1.34. The Bertz CT molecular complexity index is 1130. The first-order valence-corrected chi connectivity index (χ1v) is 13.6. The van der Waals surface area contributed by atoms with Crippen LogP contribution in [0.3, 0.4) is 0 Å². The number of carboxylic acid groups (broad SMARTS) is 1. The molecule has 6 nitrogen and oxygen atoms in total. The van der Waals surface area contributed by atoms with Crippen molar-refractivity contribution in [2.45, 2.75) is 29.6 Å². The van der Waals surface area contributed by atoms with Gasteiger partial charge >= 0.3 is 5.97 Å². The number of ether oxygens (including phenoxy) is 1.